The maximum absolute atomic E-state index is 12.6. The van der Waals surface area contributed by atoms with Crippen molar-refractivity contribution in [3.63, 3.8) is 0 Å². The fourth-order valence-corrected chi connectivity index (χ4v) is 5.32. The van der Waals surface area contributed by atoms with Crippen molar-refractivity contribution >= 4 is 11.6 Å². The Kier molecular flexibility index (Phi) is 5.49. The molecule has 8 heteroatoms. The van der Waals surface area contributed by atoms with E-state index in [1.54, 1.807) is 12.4 Å². The second-order valence-corrected chi connectivity index (χ2v) is 9.65. The second kappa shape index (κ2) is 7.98. The van der Waals surface area contributed by atoms with E-state index in [1.165, 1.54) is 12.6 Å². The van der Waals surface area contributed by atoms with Gasteiger partial charge in [-0.05, 0) is 60.1 Å². The van der Waals surface area contributed by atoms with Crippen molar-refractivity contribution in [1.82, 2.24) is 20.1 Å². The molecule has 4 atom stereocenters. The van der Waals surface area contributed by atoms with Crippen molar-refractivity contribution in [3.05, 3.63) is 46.1 Å². The fraction of sp³-hybridized carbons (Fsp3) is 0.565. The van der Waals surface area contributed by atoms with Crippen LogP contribution < -0.4 is 16.2 Å². The number of pyridine rings is 1. The van der Waals surface area contributed by atoms with Crippen LogP contribution >= 0.6 is 0 Å². The molecule has 0 aliphatic heterocycles. The number of fused-ring (bicyclic) bond motifs is 2. The minimum absolute atomic E-state index is 0.201. The molecule has 1 unspecified atom stereocenters. The fourth-order valence-electron chi connectivity index (χ4n) is 5.32. The van der Waals surface area contributed by atoms with Gasteiger partial charge in [0.25, 0.3) is 0 Å². The van der Waals surface area contributed by atoms with E-state index in [0.717, 1.165) is 22.2 Å². The van der Waals surface area contributed by atoms with Gasteiger partial charge >= 0.3 is 5.56 Å². The maximum atomic E-state index is 12.6. The lowest BCUT2D eigenvalue weighted by Gasteiger charge is -2.62. The lowest BCUT2D eigenvalue weighted by molar-refractivity contribution is -0.122. The molecular formula is C23H31N5O3. The van der Waals surface area contributed by atoms with E-state index in [4.69, 9.17) is 0 Å². The van der Waals surface area contributed by atoms with Gasteiger partial charge in [0.15, 0.2) is 0 Å². The van der Waals surface area contributed by atoms with Crippen LogP contribution in [0.1, 0.15) is 44.7 Å². The number of rotatable bonds is 6. The van der Waals surface area contributed by atoms with Crippen LogP contribution in [0.3, 0.4) is 0 Å². The topological polar surface area (TPSA) is 109 Å². The number of hydrogen-bond acceptors (Lipinski definition) is 6. The molecule has 0 spiro atoms. The minimum atomic E-state index is -0.672. The first-order valence-electron chi connectivity index (χ1n) is 10.9. The summed E-state index contributed by atoms with van der Waals surface area (Å²) in [6, 6.07) is 2.04. The Labute approximate surface area is 182 Å². The quantitative estimate of drug-likeness (QED) is 0.656. The highest BCUT2D eigenvalue weighted by molar-refractivity contribution is 5.75. The van der Waals surface area contributed by atoms with Gasteiger partial charge in [-0.2, -0.15) is 5.10 Å². The molecule has 2 heterocycles. The van der Waals surface area contributed by atoms with Gasteiger partial charge in [-0.1, -0.05) is 20.8 Å². The number of nitrogens with zero attached hydrogens (tertiary/aromatic N) is 3. The van der Waals surface area contributed by atoms with E-state index >= 15 is 0 Å². The predicted octanol–water partition coefficient (Wildman–Crippen LogP) is 2.45. The van der Waals surface area contributed by atoms with E-state index in [-0.39, 0.29) is 18.5 Å². The zero-order valence-electron chi connectivity index (χ0n) is 18.6. The molecule has 166 valence electrons. The van der Waals surface area contributed by atoms with E-state index in [0.29, 0.717) is 35.4 Å². The van der Waals surface area contributed by atoms with Crippen molar-refractivity contribution in [2.45, 2.75) is 59.7 Å². The minimum Gasteiger partial charge on any atom is -0.502 e. The average Bonchev–Trinajstić information content (AvgIpc) is 2.73. The largest absolute Gasteiger partial charge is 0.502 e. The zero-order valence-corrected chi connectivity index (χ0v) is 18.6. The summed E-state index contributed by atoms with van der Waals surface area (Å²) in [6.07, 6.45) is 7.11. The third kappa shape index (κ3) is 3.91. The first-order chi connectivity index (χ1) is 14.7. The number of carbonyl (C=O) groups excluding carboxylic acids is 1. The summed E-state index contributed by atoms with van der Waals surface area (Å²) >= 11 is 0. The normalized spacial score (nSPS) is 26.1. The molecule has 2 aromatic heterocycles. The highest BCUT2D eigenvalue weighted by Crippen LogP contribution is 2.61. The number of aryl methyl sites for hydroxylation is 1. The predicted molar refractivity (Wildman–Crippen MR) is 118 cm³/mol. The van der Waals surface area contributed by atoms with E-state index in [1.807, 2.05) is 13.0 Å². The Morgan fingerprint density at radius 2 is 2.10 bits per heavy atom. The van der Waals surface area contributed by atoms with Crippen LogP contribution in [0.25, 0.3) is 0 Å². The smallest absolute Gasteiger partial charge is 0.311 e. The number of aromatic hydroxyl groups is 1. The SMILES string of the molecule is Cc1cnccc1CNC(=O)Cn1ncc(NC2C[C@@H]3C[C@H]([C@H]2C)C3(C)C)c(O)c1=O. The lowest BCUT2D eigenvalue weighted by atomic mass is 9.45. The Balaban J connectivity index is 1.39. The van der Waals surface area contributed by atoms with E-state index < -0.39 is 11.3 Å². The Morgan fingerprint density at radius 1 is 1.32 bits per heavy atom. The second-order valence-electron chi connectivity index (χ2n) is 9.65. The van der Waals surface area contributed by atoms with Gasteiger partial charge in [-0.15, -0.1) is 0 Å². The zero-order chi connectivity index (χ0) is 22.3. The first-order valence-corrected chi connectivity index (χ1v) is 10.9. The highest BCUT2D eigenvalue weighted by Gasteiger charge is 2.56. The van der Waals surface area contributed by atoms with Gasteiger partial charge in [-0.3, -0.25) is 14.6 Å². The molecule has 0 saturated heterocycles. The molecule has 0 aromatic carbocycles. The molecule has 3 N–H and O–H groups in total. The number of carbonyl (C=O) groups is 1. The summed E-state index contributed by atoms with van der Waals surface area (Å²) in [5, 5.41) is 20.7. The van der Waals surface area contributed by atoms with Crippen LogP contribution in [0.2, 0.25) is 0 Å². The third-order valence-corrected chi connectivity index (χ3v) is 7.62. The monoisotopic (exact) mass is 425 g/mol. The summed E-state index contributed by atoms with van der Waals surface area (Å²) in [7, 11) is 0. The summed E-state index contributed by atoms with van der Waals surface area (Å²) in [5.41, 5.74) is 1.96. The molecule has 3 aliphatic carbocycles. The molecule has 3 fully saturated rings. The van der Waals surface area contributed by atoms with Gasteiger partial charge < -0.3 is 15.7 Å². The Hall–Kier alpha value is -2.90. The molecule has 3 aliphatic rings. The van der Waals surface area contributed by atoms with Crippen molar-refractivity contribution in [1.29, 1.82) is 0 Å². The van der Waals surface area contributed by atoms with Crippen LogP contribution in [0.5, 0.6) is 5.75 Å². The third-order valence-electron chi connectivity index (χ3n) is 7.62. The molecule has 0 radical (unpaired) electrons. The van der Waals surface area contributed by atoms with Crippen LogP contribution in [0.4, 0.5) is 5.69 Å². The number of nitrogens with one attached hydrogen (secondary N) is 2. The van der Waals surface area contributed by atoms with Gasteiger partial charge in [0.1, 0.15) is 12.2 Å². The van der Waals surface area contributed by atoms with Gasteiger partial charge in [0.2, 0.25) is 11.7 Å². The molecule has 1 amide bonds. The molecular weight excluding hydrogens is 394 g/mol. The van der Waals surface area contributed by atoms with Crippen molar-refractivity contribution < 1.29 is 9.90 Å². The Morgan fingerprint density at radius 3 is 2.77 bits per heavy atom. The number of anilines is 1. The average molecular weight is 426 g/mol. The van der Waals surface area contributed by atoms with Crippen LogP contribution in [-0.4, -0.2) is 31.8 Å². The van der Waals surface area contributed by atoms with Crippen molar-refractivity contribution in [2.24, 2.45) is 23.2 Å². The highest BCUT2D eigenvalue weighted by atomic mass is 16.3. The van der Waals surface area contributed by atoms with Gasteiger partial charge in [0.05, 0.1) is 6.20 Å². The molecule has 2 bridgehead atoms. The van der Waals surface area contributed by atoms with Crippen LogP contribution in [0, 0.1) is 30.1 Å². The summed E-state index contributed by atoms with van der Waals surface area (Å²) in [5.74, 6) is 1.01. The summed E-state index contributed by atoms with van der Waals surface area (Å²) < 4.78 is 0.986. The lowest BCUT2D eigenvalue weighted by Crippen LogP contribution is -2.58. The maximum Gasteiger partial charge on any atom is 0.311 e. The molecule has 8 nitrogen and oxygen atoms in total. The van der Waals surface area contributed by atoms with Crippen molar-refractivity contribution in [3.8, 4) is 5.75 Å². The molecule has 5 rings (SSSR count). The van der Waals surface area contributed by atoms with Gasteiger partial charge in [0, 0.05) is 25.0 Å². The standard InChI is InChI=1S/C23H31N5O3/c1-13-9-24-6-5-15(13)10-25-20(29)12-28-22(31)21(30)19(11-26-28)27-18-8-16-7-17(14(18)2)23(16,3)4/h5-6,9,11,14,16-18,27,30H,7-8,10,12H2,1-4H3,(H,25,29)/t14-,16+,17-,18?/m1/s1. The number of aromatic nitrogens is 3. The van der Waals surface area contributed by atoms with Crippen molar-refractivity contribution in [2.75, 3.05) is 5.32 Å². The van der Waals surface area contributed by atoms with Gasteiger partial charge in [-0.25, -0.2) is 4.68 Å². The van der Waals surface area contributed by atoms with E-state index in [9.17, 15) is 14.7 Å². The summed E-state index contributed by atoms with van der Waals surface area (Å²) in [4.78, 5) is 28.9. The molecule has 31 heavy (non-hydrogen) atoms. The first kappa shape index (κ1) is 21.3. The molecule has 3 saturated carbocycles. The van der Waals surface area contributed by atoms with Crippen LogP contribution in [0.15, 0.2) is 29.5 Å². The summed E-state index contributed by atoms with van der Waals surface area (Å²) in [6.45, 7) is 8.91. The molecule has 2 aromatic rings. The number of hydrogen-bond donors (Lipinski definition) is 3. The van der Waals surface area contributed by atoms with E-state index in [2.05, 4.69) is 41.5 Å². The number of amides is 1. The van der Waals surface area contributed by atoms with Crippen LogP contribution in [-0.2, 0) is 17.9 Å². The Bertz CT molecular complexity index is 1050.